The number of aromatic nitrogens is 1. The van der Waals surface area contributed by atoms with Crippen LogP contribution in [-0.4, -0.2) is 18.5 Å². The molecule has 3 N–H and O–H groups in total. The summed E-state index contributed by atoms with van der Waals surface area (Å²) in [6.45, 7) is -0.265. The zero-order valence-corrected chi connectivity index (χ0v) is 11.9. The number of anilines is 1. The highest BCUT2D eigenvalue weighted by Crippen LogP contribution is 2.24. The van der Waals surface area contributed by atoms with Crippen molar-refractivity contribution in [1.82, 2.24) is 4.98 Å². The summed E-state index contributed by atoms with van der Waals surface area (Å²) in [4.78, 5) is 2.67. The van der Waals surface area contributed by atoms with Crippen LogP contribution in [0.25, 0.3) is 0 Å². The van der Waals surface area contributed by atoms with Crippen LogP contribution in [0.3, 0.4) is 0 Å². The summed E-state index contributed by atoms with van der Waals surface area (Å²) in [5, 5.41) is 9.56. The molecule has 0 aliphatic carbocycles. The van der Waals surface area contributed by atoms with Crippen LogP contribution in [0.1, 0.15) is 5.69 Å². The van der Waals surface area contributed by atoms with Crippen molar-refractivity contribution in [2.45, 2.75) is 11.5 Å². The van der Waals surface area contributed by atoms with E-state index in [0.717, 1.165) is 0 Å². The normalized spacial score (nSPS) is 11.5. The highest BCUT2D eigenvalue weighted by atomic mass is 35.5. The number of aliphatic hydroxyl groups is 1. The molecule has 0 spiro atoms. The van der Waals surface area contributed by atoms with E-state index in [1.165, 1.54) is 30.5 Å². The fraction of sp³-hybridized carbons (Fsp3) is 0.0909. The van der Waals surface area contributed by atoms with Gasteiger partial charge in [0.05, 0.1) is 12.3 Å². The van der Waals surface area contributed by atoms with Gasteiger partial charge in [0, 0.05) is 21.9 Å². The van der Waals surface area contributed by atoms with E-state index in [9.17, 15) is 8.42 Å². The minimum atomic E-state index is -3.75. The predicted octanol–water partition coefficient (Wildman–Crippen LogP) is 2.61. The Hall–Kier alpha value is -1.21. The average Bonchev–Trinajstić information content (AvgIpc) is 2.75. The second-order valence-corrected chi connectivity index (χ2v) is 6.34. The summed E-state index contributed by atoms with van der Waals surface area (Å²) in [5.41, 5.74) is 0.675. The van der Waals surface area contributed by atoms with Gasteiger partial charge in [-0.25, -0.2) is 8.42 Å². The van der Waals surface area contributed by atoms with Crippen LogP contribution in [0, 0.1) is 0 Å². The molecule has 0 saturated heterocycles. The topological polar surface area (TPSA) is 82.2 Å². The number of aliphatic hydroxyl groups excluding tert-OH is 1. The lowest BCUT2D eigenvalue weighted by Crippen LogP contribution is -2.12. The van der Waals surface area contributed by atoms with E-state index in [4.69, 9.17) is 28.3 Å². The Balaban J connectivity index is 2.30. The monoisotopic (exact) mass is 320 g/mol. The van der Waals surface area contributed by atoms with Crippen LogP contribution in [0.5, 0.6) is 0 Å². The van der Waals surface area contributed by atoms with Gasteiger partial charge in [-0.1, -0.05) is 23.2 Å². The Kier molecular flexibility index (Phi) is 4.05. The number of rotatable bonds is 4. The zero-order chi connectivity index (χ0) is 14.0. The van der Waals surface area contributed by atoms with Crippen LogP contribution in [-0.2, 0) is 16.6 Å². The van der Waals surface area contributed by atoms with Gasteiger partial charge in [-0.3, -0.25) is 4.72 Å². The number of benzene rings is 1. The van der Waals surface area contributed by atoms with Crippen molar-refractivity contribution >= 4 is 38.9 Å². The molecule has 102 valence electrons. The Morgan fingerprint density at radius 3 is 2.32 bits per heavy atom. The van der Waals surface area contributed by atoms with E-state index in [-0.39, 0.29) is 17.2 Å². The number of halogens is 2. The standard InChI is InChI=1S/C11H10Cl2N2O3S/c12-7-1-8(13)3-9(2-7)15-19(17,18)11-4-10(6-16)14-5-11/h1-5,14-16H,6H2. The molecule has 5 nitrogen and oxygen atoms in total. The lowest BCUT2D eigenvalue weighted by Gasteiger charge is -2.07. The zero-order valence-electron chi connectivity index (χ0n) is 9.52. The molecule has 2 aromatic rings. The van der Waals surface area contributed by atoms with Crippen molar-refractivity contribution in [1.29, 1.82) is 0 Å². The van der Waals surface area contributed by atoms with E-state index in [1.807, 2.05) is 0 Å². The molecule has 1 heterocycles. The summed E-state index contributed by atoms with van der Waals surface area (Å²) in [6, 6.07) is 5.74. The van der Waals surface area contributed by atoms with Crippen molar-refractivity contribution in [2.75, 3.05) is 4.72 Å². The summed E-state index contributed by atoms with van der Waals surface area (Å²) >= 11 is 11.6. The van der Waals surface area contributed by atoms with Crippen molar-refractivity contribution in [3.8, 4) is 0 Å². The number of hydrogen-bond acceptors (Lipinski definition) is 3. The Morgan fingerprint density at radius 2 is 1.79 bits per heavy atom. The molecule has 2 rings (SSSR count). The van der Waals surface area contributed by atoms with Crippen molar-refractivity contribution < 1.29 is 13.5 Å². The number of aromatic amines is 1. The lowest BCUT2D eigenvalue weighted by atomic mass is 10.3. The van der Waals surface area contributed by atoms with E-state index in [2.05, 4.69) is 9.71 Å². The van der Waals surface area contributed by atoms with Crippen LogP contribution < -0.4 is 4.72 Å². The van der Waals surface area contributed by atoms with Crippen molar-refractivity contribution in [3.05, 3.63) is 46.2 Å². The van der Waals surface area contributed by atoms with Crippen LogP contribution in [0.2, 0.25) is 10.0 Å². The van der Waals surface area contributed by atoms with Crippen LogP contribution >= 0.6 is 23.2 Å². The van der Waals surface area contributed by atoms with Crippen LogP contribution in [0.4, 0.5) is 5.69 Å². The maximum atomic E-state index is 12.1. The third-order valence-corrected chi connectivity index (χ3v) is 4.11. The molecule has 0 saturated carbocycles. The Morgan fingerprint density at radius 1 is 1.16 bits per heavy atom. The fourth-order valence-corrected chi connectivity index (χ4v) is 3.08. The molecule has 0 amide bonds. The molecule has 0 bridgehead atoms. The quantitative estimate of drug-likeness (QED) is 0.809. The molecule has 0 radical (unpaired) electrons. The molecule has 1 aromatic heterocycles. The lowest BCUT2D eigenvalue weighted by molar-refractivity contribution is 0.277. The maximum Gasteiger partial charge on any atom is 0.263 e. The first-order valence-electron chi connectivity index (χ1n) is 5.18. The van der Waals surface area contributed by atoms with Gasteiger partial charge >= 0.3 is 0 Å². The number of sulfonamides is 1. The van der Waals surface area contributed by atoms with Gasteiger partial charge in [-0.2, -0.15) is 0 Å². The van der Waals surface area contributed by atoms with Gasteiger partial charge in [0.2, 0.25) is 0 Å². The summed E-state index contributed by atoms with van der Waals surface area (Å²) < 4.78 is 26.5. The smallest absolute Gasteiger partial charge is 0.263 e. The SMILES string of the molecule is O=S(=O)(Nc1cc(Cl)cc(Cl)c1)c1c[nH]c(CO)c1. The summed E-state index contributed by atoms with van der Waals surface area (Å²) in [6.07, 6.45) is 1.29. The highest BCUT2D eigenvalue weighted by molar-refractivity contribution is 7.92. The van der Waals surface area contributed by atoms with E-state index in [0.29, 0.717) is 15.7 Å². The molecule has 0 aliphatic rings. The molecule has 8 heteroatoms. The van der Waals surface area contributed by atoms with Gasteiger partial charge in [0.1, 0.15) is 4.90 Å². The summed E-state index contributed by atoms with van der Waals surface area (Å²) in [7, 11) is -3.75. The van der Waals surface area contributed by atoms with Gasteiger partial charge in [-0.05, 0) is 24.3 Å². The van der Waals surface area contributed by atoms with Gasteiger partial charge in [0.25, 0.3) is 10.0 Å². The first-order valence-corrected chi connectivity index (χ1v) is 7.42. The summed E-state index contributed by atoms with van der Waals surface area (Å²) in [5.74, 6) is 0. The van der Waals surface area contributed by atoms with Gasteiger partial charge in [-0.15, -0.1) is 0 Å². The number of H-pyrrole nitrogens is 1. The molecular weight excluding hydrogens is 311 g/mol. The minimum absolute atomic E-state index is 0.0210. The largest absolute Gasteiger partial charge is 0.390 e. The predicted molar refractivity (Wildman–Crippen MR) is 74.0 cm³/mol. The third kappa shape index (κ3) is 3.42. The van der Waals surface area contributed by atoms with Crippen molar-refractivity contribution in [3.63, 3.8) is 0 Å². The first kappa shape index (κ1) is 14.2. The highest BCUT2D eigenvalue weighted by Gasteiger charge is 2.16. The molecule has 0 fully saturated rings. The van der Waals surface area contributed by atoms with Crippen LogP contribution in [0.15, 0.2) is 35.4 Å². The number of nitrogens with one attached hydrogen (secondary N) is 2. The van der Waals surface area contributed by atoms with E-state index < -0.39 is 10.0 Å². The Bertz CT molecular complexity index is 677. The Labute approximate surface area is 120 Å². The van der Waals surface area contributed by atoms with Gasteiger partial charge in [0.15, 0.2) is 0 Å². The molecular formula is C11H10Cl2N2O3S. The second kappa shape index (κ2) is 5.42. The first-order chi connectivity index (χ1) is 8.90. The number of hydrogen-bond donors (Lipinski definition) is 3. The van der Waals surface area contributed by atoms with E-state index >= 15 is 0 Å². The molecule has 0 atom stereocenters. The average molecular weight is 321 g/mol. The van der Waals surface area contributed by atoms with Crippen molar-refractivity contribution in [2.24, 2.45) is 0 Å². The van der Waals surface area contributed by atoms with Gasteiger partial charge < -0.3 is 10.1 Å². The fourth-order valence-electron chi connectivity index (χ4n) is 1.49. The minimum Gasteiger partial charge on any atom is -0.390 e. The van der Waals surface area contributed by atoms with E-state index in [1.54, 1.807) is 0 Å². The molecule has 0 unspecified atom stereocenters. The maximum absolute atomic E-state index is 12.1. The third-order valence-electron chi connectivity index (χ3n) is 2.31. The molecule has 1 aromatic carbocycles. The molecule has 0 aliphatic heterocycles. The molecule has 19 heavy (non-hydrogen) atoms. The second-order valence-electron chi connectivity index (χ2n) is 3.78.